The summed E-state index contributed by atoms with van der Waals surface area (Å²) in [6.45, 7) is 2.20. The van der Waals surface area contributed by atoms with Crippen LogP contribution in [-0.2, 0) is 7.05 Å². The van der Waals surface area contributed by atoms with Gasteiger partial charge in [-0.15, -0.1) is 0 Å². The zero-order valence-electron chi connectivity index (χ0n) is 12.1. The van der Waals surface area contributed by atoms with Crippen molar-refractivity contribution >= 4 is 11.0 Å². The second-order valence-electron chi connectivity index (χ2n) is 5.81. The average molecular weight is 281 g/mol. The number of nitrogens with one attached hydrogen (secondary N) is 2. The lowest BCUT2D eigenvalue weighted by molar-refractivity contribution is 0.463. The van der Waals surface area contributed by atoms with E-state index in [4.69, 9.17) is 0 Å². The molecule has 1 unspecified atom stereocenters. The first-order chi connectivity index (χ1) is 10.3. The quantitative estimate of drug-likeness (QED) is 0.758. The molecule has 21 heavy (non-hydrogen) atoms. The number of fused-ring (bicyclic) bond motifs is 1. The van der Waals surface area contributed by atoms with E-state index in [1.165, 1.54) is 23.8 Å². The second-order valence-corrected chi connectivity index (χ2v) is 5.81. The molecule has 0 saturated carbocycles. The van der Waals surface area contributed by atoms with Gasteiger partial charge in [-0.1, -0.05) is 0 Å². The molecule has 2 N–H and O–H groups in total. The van der Waals surface area contributed by atoms with Crippen molar-refractivity contribution in [3.05, 3.63) is 36.4 Å². The Kier molecular flexibility index (Phi) is 3.00. The van der Waals surface area contributed by atoms with Gasteiger partial charge >= 0.3 is 0 Å². The summed E-state index contributed by atoms with van der Waals surface area (Å²) in [5.74, 6) is 0.582. The minimum Gasteiger partial charge on any atom is -0.346 e. The summed E-state index contributed by atoms with van der Waals surface area (Å²) in [5.41, 5.74) is 4.60. The SMILES string of the molecule is Cn1cc(-c2cnc3[nH]cc(C4CCCNC4)c3c2)cn1. The van der Waals surface area contributed by atoms with E-state index in [0.717, 1.165) is 29.9 Å². The number of H-pyrrole nitrogens is 1. The molecule has 0 bridgehead atoms. The minimum absolute atomic E-state index is 0.582. The Morgan fingerprint density at radius 3 is 3.00 bits per heavy atom. The fourth-order valence-corrected chi connectivity index (χ4v) is 3.21. The Hall–Kier alpha value is -2.14. The molecule has 3 aromatic heterocycles. The number of piperidine rings is 1. The molecular formula is C16H19N5. The third-order valence-electron chi connectivity index (χ3n) is 4.34. The van der Waals surface area contributed by atoms with Crippen LogP contribution in [0, 0.1) is 0 Å². The topological polar surface area (TPSA) is 58.5 Å². The van der Waals surface area contributed by atoms with Gasteiger partial charge in [0.1, 0.15) is 5.65 Å². The molecule has 108 valence electrons. The van der Waals surface area contributed by atoms with Gasteiger partial charge < -0.3 is 10.3 Å². The summed E-state index contributed by atoms with van der Waals surface area (Å²) in [5, 5.41) is 8.97. The molecule has 3 aromatic rings. The van der Waals surface area contributed by atoms with Crippen LogP contribution in [0.4, 0.5) is 0 Å². The number of rotatable bonds is 2. The van der Waals surface area contributed by atoms with Gasteiger partial charge in [0.2, 0.25) is 0 Å². The van der Waals surface area contributed by atoms with Crippen LogP contribution < -0.4 is 5.32 Å². The molecule has 1 aliphatic heterocycles. The lowest BCUT2D eigenvalue weighted by atomic mass is 9.91. The maximum atomic E-state index is 4.57. The van der Waals surface area contributed by atoms with Gasteiger partial charge in [0.25, 0.3) is 0 Å². The third-order valence-corrected chi connectivity index (χ3v) is 4.34. The van der Waals surface area contributed by atoms with Crippen molar-refractivity contribution in [3.8, 4) is 11.1 Å². The Labute approximate surface area is 123 Å². The van der Waals surface area contributed by atoms with Gasteiger partial charge in [-0.25, -0.2) is 4.98 Å². The smallest absolute Gasteiger partial charge is 0.137 e. The zero-order valence-corrected chi connectivity index (χ0v) is 12.1. The minimum atomic E-state index is 0.582. The number of aromatic amines is 1. The average Bonchev–Trinajstić information content (AvgIpc) is 3.13. The Bertz CT molecular complexity index is 764. The van der Waals surface area contributed by atoms with Crippen molar-refractivity contribution in [2.24, 2.45) is 7.05 Å². The van der Waals surface area contributed by atoms with Gasteiger partial charge in [-0.3, -0.25) is 4.68 Å². The lowest BCUT2D eigenvalue weighted by Crippen LogP contribution is -2.28. The van der Waals surface area contributed by atoms with Crippen molar-refractivity contribution in [1.82, 2.24) is 25.1 Å². The summed E-state index contributed by atoms with van der Waals surface area (Å²) >= 11 is 0. The Morgan fingerprint density at radius 1 is 1.29 bits per heavy atom. The van der Waals surface area contributed by atoms with Gasteiger partial charge in [0.05, 0.1) is 6.20 Å². The first-order valence-electron chi connectivity index (χ1n) is 7.48. The number of nitrogens with zero attached hydrogens (tertiary/aromatic N) is 3. The first-order valence-corrected chi connectivity index (χ1v) is 7.48. The van der Waals surface area contributed by atoms with E-state index in [9.17, 15) is 0 Å². The van der Waals surface area contributed by atoms with Crippen molar-refractivity contribution in [2.45, 2.75) is 18.8 Å². The van der Waals surface area contributed by atoms with E-state index in [1.807, 2.05) is 30.3 Å². The highest BCUT2D eigenvalue weighted by molar-refractivity contribution is 5.85. The first kappa shape index (κ1) is 12.6. The van der Waals surface area contributed by atoms with Crippen molar-refractivity contribution < 1.29 is 0 Å². The standard InChI is InChI=1S/C16H19N5/c1-21-10-13(8-20-21)12-5-14-15(9-19-16(14)18-7-12)11-3-2-4-17-6-11/h5,7-11,17H,2-4,6H2,1H3,(H,18,19). The van der Waals surface area contributed by atoms with Crippen LogP contribution >= 0.6 is 0 Å². The molecule has 0 radical (unpaired) electrons. The molecule has 0 amide bonds. The predicted octanol–water partition coefficient (Wildman–Crippen LogP) is 2.43. The highest BCUT2D eigenvalue weighted by Crippen LogP contribution is 2.31. The fraction of sp³-hybridized carbons (Fsp3) is 0.375. The normalized spacial score (nSPS) is 19.2. The monoisotopic (exact) mass is 281 g/mol. The summed E-state index contributed by atoms with van der Waals surface area (Å²) in [6, 6.07) is 2.24. The molecule has 1 fully saturated rings. The summed E-state index contributed by atoms with van der Waals surface area (Å²) in [4.78, 5) is 7.88. The fourth-order valence-electron chi connectivity index (χ4n) is 3.21. The van der Waals surface area contributed by atoms with E-state index < -0.39 is 0 Å². The van der Waals surface area contributed by atoms with E-state index in [1.54, 1.807) is 0 Å². The van der Waals surface area contributed by atoms with Gasteiger partial charge in [0.15, 0.2) is 0 Å². The molecule has 1 atom stereocenters. The number of pyridine rings is 1. The molecule has 5 heteroatoms. The summed E-state index contributed by atoms with van der Waals surface area (Å²) < 4.78 is 1.82. The molecule has 1 saturated heterocycles. The Balaban J connectivity index is 1.78. The van der Waals surface area contributed by atoms with Crippen LogP contribution in [0.2, 0.25) is 0 Å². The molecule has 1 aliphatic rings. The molecular weight excluding hydrogens is 262 g/mol. The number of hydrogen-bond donors (Lipinski definition) is 2. The van der Waals surface area contributed by atoms with Gasteiger partial charge in [0, 0.05) is 48.7 Å². The lowest BCUT2D eigenvalue weighted by Gasteiger charge is -2.22. The van der Waals surface area contributed by atoms with E-state index in [2.05, 4.69) is 32.6 Å². The summed E-state index contributed by atoms with van der Waals surface area (Å²) in [6.07, 6.45) is 10.4. The molecule has 0 spiro atoms. The van der Waals surface area contributed by atoms with Crippen LogP contribution in [0.25, 0.3) is 22.2 Å². The van der Waals surface area contributed by atoms with E-state index in [0.29, 0.717) is 5.92 Å². The number of aryl methyl sites for hydroxylation is 1. The maximum Gasteiger partial charge on any atom is 0.137 e. The highest BCUT2D eigenvalue weighted by Gasteiger charge is 2.19. The maximum absolute atomic E-state index is 4.57. The van der Waals surface area contributed by atoms with Crippen LogP contribution in [0.1, 0.15) is 24.3 Å². The van der Waals surface area contributed by atoms with Crippen LogP contribution in [0.15, 0.2) is 30.9 Å². The zero-order chi connectivity index (χ0) is 14.2. The van der Waals surface area contributed by atoms with Gasteiger partial charge in [-0.05, 0) is 36.9 Å². The number of aromatic nitrogens is 4. The molecule has 5 nitrogen and oxygen atoms in total. The van der Waals surface area contributed by atoms with Crippen molar-refractivity contribution in [3.63, 3.8) is 0 Å². The van der Waals surface area contributed by atoms with E-state index in [-0.39, 0.29) is 0 Å². The Morgan fingerprint density at radius 2 is 2.24 bits per heavy atom. The van der Waals surface area contributed by atoms with E-state index >= 15 is 0 Å². The van der Waals surface area contributed by atoms with Crippen molar-refractivity contribution in [2.75, 3.05) is 13.1 Å². The molecule has 4 rings (SSSR count). The highest BCUT2D eigenvalue weighted by atomic mass is 15.2. The largest absolute Gasteiger partial charge is 0.346 e. The van der Waals surface area contributed by atoms with Crippen molar-refractivity contribution in [1.29, 1.82) is 0 Å². The van der Waals surface area contributed by atoms with Crippen LogP contribution in [-0.4, -0.2) is 32.8 Å². The third kappa shape index (κ3) is 2.23. The molecule has 0 aliphatic carbocycles. The van der Waals surface area contributed by atoms with Crippen LogP contribution in [0.5, 0.6) is 0 Å². The van der Waals surface area contributed by atoms with Crippen LogP contribution in [0.3, 0.4) is 0 Å². The number of hydrogen-bond acceptors (Lipinski definition) is 3. The summed E-state index contributed by atoms with van der Waals surface area (Å²) in [7, 11) is 1.94. The van der Waals surface area contributed by atoms with Gasteiger partial charge in [-0.2, -0.15) is 5.10 Å². The predicted molar refractivity (Wildman–Crippen MR) is 83.1 cm³/mol. The molecule has 0 aromatic carbocycles. The molecule has 4 heterocycles. The second kappa shape index (κ2) is 5.00.